The summed E-state index contributed by atoms with van der Waals surface area (Å²) in [7, 11) is 0. The first kappa shape index (κ1) is 31.4. The Bertz CT molecular complexity index is 3140. The van der Waals surface area contributed by atoms with Crippen molar-refractivity contribution in [3.8, 4) is 45.0 Å². The minimum Gasteiger partial charge on any atom is -0.228 e. The van der Waals surface area contributed by atoms with E-state index in [0.717, 1.165) is 34.5 Å². The number of aromatic nitrogens is 2. The van der Waals surface area contributed by atoms with Crippen LogP contribution in [0.3, 0.4) is 0 Å². The van der Waals surface area contributed by atoms with Gasteiger partial charge in [0.05, 0.1) is 11.4 Å². The van der Waals surface area contributed by atoms with Crippen molar-refractivity contribution in [2.24, 2.45) is 0 Å². The molecule has 0 radical (unpaired) electrons. The summed E-state index contributed by atoms with van der Waals surface area (Å²) in [6.07, 6.45) is 7.69. The molecular formula is C53H34N2. The van der Waals surface area contributed by atoms with Crippen molar-refractivity contribution in [1.82, 2.24) is 9.97 Å². The van der Waals surface area contributed by atoms with E-state index in [9.17, 15) is 0 Å². The van der Waals surface area contributed by atoms with Gasteiger partial charge in [-0.15, -0.1) is 0 Å². The van der Waals surface area contributed by atoms with Gasteiger partial charge in [0, 0.05) is 16.7 Å². The Morgan fingerprint density at radius 1 is 0.400 bits per heavy atom. The molecule has 0 spiro atoms. The van der Waals surface area contributed by atoms with Crippen LogP contribution in [0.25, 0.3) is 99.8 Å². The number of allylic oxidation sites excluding steroid dienone is 2. The lowest BCUT2D eigenvalue weighted by Crippen LogP contribution is -2.00. The number of nitrogens with zero attached hydrogens (tertiary/aromatic N) is 2. The van der Waals surface area contributed by atoms with E-state index in [-0.39, 0.29) is 0 Å². The molecule has 0 amide bonds. The summed E-state index contributed by atoms with van der Waals surface area (Å²) in [6.45, 7) is 0. The Labute approximate surface area is 319 Å². The van der Waals surface area contributed by atoms with Gasteiger partial charge in [-0.1, -0.05) is 176 Å². The van der Waals surface area contributed by atoms with E-state index in [2.05, 4.69) is 188 Å². The third-order valence-corrected chi connectivity index (χ3v) is 11.2. The maximum Gasteiger partial charge on any atom is 0.160 e. The predicted molar refractivity (Wildman–Crippen MR) is 232 cm³/mol. The van der Waals surface area contributed by atoms with Crippen LogP contribution in [0, 0.1) is 0 Å². The fraction of sp³-hybridized carbons (Fsp3) is 0.0189. The molecule has 1 aromatic heterocycles. The topological polar surface area (TPSA) is 25.8 Å². The zero-order valence-corrected chi connectivity index (χ0v) is 30.1. The Kier molecular flexibility index (Phi) is 7.28. The van der Waals surface area contributed by atoms with Gasteiger partial charge < -0.3 is 0 Å². The van der Waals surface area contributed by atoms with Crippen molar-refractivity contribution < 1.29 is 0 Å². The summed E-state index contributed by atoms with van der Waals surface area (Å²) >= 11 is 0. The van der Waals surface area contributed by atoms with Gasteiger partial charge in [-0.2, -0.15) is 0 Å². The van der Waals surface area contributed by atoms with Gasteiger partial charge in [0.2, 0.25) is 0 Å². The number of benzene rings is 9. The fourth-order valence-electron chi connectivity index (χ4n) is 8.60. The zero-order valence-electron chi connectivity index (χ0n) is 30.1. The van der Waals surface area contributed by atoms with Crippen LogP contribution in [-0.2, 0) is 0 Å². The molecule has 2 nitrogen and oxygen atoms in total. The molecule has 0 unspecified atom stereocenters. The van der Waals surface area contributed by atoms with Crippen molar-refractivity contribution in [3.05, 3.63) is 205 Å². The second kappa shape index (κ2) is 12.8. The highest BCUT2D eigenvalue weighted by molar-refractivity contribution is 6.25. The van der Waals surface area contributed by atoms with Gasteiger partial charge in [-0.3, -0.25) is 0 Å². The highest BCUT2D eigenvalue weighted by Gasteiger charge is 2.20. The van der Waals surface area contributed by atoms with E-state index in [1.807, 2.05) is 6.07 Å². The van der Waals surface area contributed by atoms with E-state index in [1.165, 1.54) is 76.5 Å². The molecule has 0 aliphatic heterocycles. The average molecular weight is 699 g/mol. The molecule has 55 heavy (non-hydrogen) atoms. The monoisotopic (exact) mass is 698 g/mol. The molecule has 256 valence electrons. The lowest BCUT2D eigenvalue weighted by atomic mass is 9.88. The number of rotatable bonds is 5. The maximum atomic E-state index is 5.27. The summed E-state index contributed by atoms with van der Waals surface area (Å²) in [5.41, 5.74) is 12.2. The highest BCUT2D eigenvalue weighted by atomic mass is 14.9. The molecule has 9 aromatic carbocycles. The van der Waals surface area contributed by atoms with Gasteiger partial charge in [0.15, 0.2) is 5.82 Å². The minimum atomic E-state index is 0.713. The van der Waals surface area contributed by atoms with Gasteiger partial charge in [0.25, 0.3) is 0 Å². The van der Waals surface area contributed by atoms with E-state index >= 15 is 0 Å². The third-order valence-electron chi connectivity index (χ3n) is 11.2. The van der Waals surface area contributed by atoms with E-state index in [0.29, 0.717) is 5.82 Å². The van der Waals surface area contributed by atoms with E-state index in [1.54, 1.807) is 0 Å². The summed E-state index contributed by atoms with van der Waals surface area (Å²) in [4.78, 5) is 10.5. The maximum absolute atomic E-state index is 5.27. The summed E-state index contributed by atoms with van der Waals surface area (Å²) in [6, 6.07) is 63.5. The molecule has 11 rings (SSSR count). The molecule has 0 fully saturated rings. The van der Waals surface area contributed by atoms with Crippen LogP contribution in [0.2, 0.25) is 0 Å². The molecule has 1 aliphatic carbocycles. The molecule has 1 heterocycles. The SMILES string of the molecule is C1=Cc2cccc(-c3cc(-c4ccc5cc(-c6ccc7ccc8cccc9ccc6c7c89)ccc5c4)nc(-c4ccccc4)n3)c2C(c2ccccc2)=CC1. The predicted octanol–water partition coefficient (Wildman–Crippen LogP) is 14.0. The molecule has 2 heteroatoms. The number of hydrogen-bond acceptors (Lipinski definition) is 2. The van der Waals surface area contributed by atoms with Crippen molar-refractivity contribution in [2.45, 2.75) is 6.42 Å². The molecule has 0 atom stereocenters. The summed E-state index contributed by atoms with van der Waals surface area (Å²) in [5.74, 6) is 0.713. The Balaban J connectivity index is 1.05. The molecule has 0 saturated carbocycles. The van der Waals surface area contributed by atoms with Crippen LogP contribution < -0.4 is 0 Å². The molecule has 0 bridgehead atoms. The molecule has 0 N–H and O–H groups in total. The van der Waals surface area contributed by atoms with Crippen LogP contribution in [0.15, 0.2) is 188 Å². The lowest BCUT2D eigenvalue weighted by molar-refractivity contribution is 1.18. The molecule has 1 aliphatic rings. The molecule has 0 saturated heterocycles. The van der Waals surface area contributed by atoms with E-state index in [4.69, 9.17) is 9.97 Å². The van der Waals surface area contributed by atoms with Gasteiger partial charge in [-0.25, -0.2) is 9.97 Å². The first-order valence-electron chi connectivity index (χ1n) is 19.0. The Morgan fingerprint density at radius 2 is 1.04 bits per heavy atom. The van der Waals surface area contributed by atoms with Gasteiger partial charge >= 0.3 is 0 Å². The van der Waals surface area contributed by atoms with Crippen molar-refractivity contribution >= 4 is 54.7 Å². The molecule has 10 aromatic rings. The van der Waals surface area contributed by atoms with E-state index < -0.39 is 0 Å². The largest absolute Gasteiger partial charge is 0.228 e. The summed E-state index contributed by atoms with van der Waals surface area (Å²) < 4.78 is 0. The van der Waals surface area contributed by atoms with Crippen LogP contribution in [0.4, 0.5) is 0 Å². The first-order chi connectivity index (χ1) is 27.2. The highest BCUT2D eigenvalue weighted by Crippen LogP contribution is 2.41. The van der Waals surface area contributed by atoms with Crippen molar-refractivity contribution in [1.29, 1.82) is 0 Å². The average Bonchev–Trinajstić information content (AvgIpc) is 3.48. The normalized spacial score (nSPS) is 12.7. The standard InChI is InChI=1S/C53H34N2/c1-3-11-34(12-4-1)45-19-8-7-13-35-18-10-20-47(51(35)45)49-33-48(54-53(55-49)39-14-5-2-6-15-39)43-26-24-40-31-42(25-23-41(40)32-43)44-29-27-38-22-21-36-16-9-17-37-28-30-46(44)52(38)50(36)37/h1-7,9-33H,8H2. The van der Waals surface area contributed by atoms with Crippen molar-refractivity contribution in [2.75, 3.05) is 0 Å². The quantitative estimate of drug-likeness (QED) is 0.167. The number of hydrogen-bond donors (Lipinski definition) is 0. The van der Waals surface area contributed by atoms with Crippen molar-refractivity contribution in [3.63, 3.8) is 0 Å². The fourth-order valence-corrected chi connectivity index (χ4v) is 8.60. The Hall–Kier alpha value is -7.16. The second-order valence-corrected chi connectivity index (χ2v) is 14.5. The van der Waals surface area contributed by atoms with Crippen LogP contribution >= 0.6 is 0 Å². The summed E-state index contributed by atoms with van der Waals surface area (Å²) in [5, 5.41) is 10.2. The zero-order chi connectivity index (χ0) is 36.3. The van der Waals surface area contributed by atoms with Gasteiger partial charge in [-0.05, 0) is 101 Å². The number of fused-ring (bicyclic) bond motifs is 2. The van der Waals surface area contributed by atoms with Gasteiger partial charge in [0.1, 0.15) is 0 Å². The minimum absolute atomic E-state index is 0.713. The smallest absolute Gasteiger partial charge is 0.160 e. The van der Waals surface area contributed by atoms with Crippen LogP contribution in [-0.4, -0.2) is 9.97 Å². The lowest BCUT2D eigenvalue weighted by Gasteiger charge is -2.17. The van der Waals surface area contributed by atoms with Crippen LogP contribution in [0.5, 0.6) is 0 Å². The van der Waals surface area contributed by atoms with Crippen LogP contribution in [0.1, 0.15) is 23.1 Å². The Morgan fingerprint density at radius 3 is 1.84 bits per heavy atom. The third kappa shape index (κ3) is 5.34. The molecular weight excluding hydrogens is 665 g/mol. The second-order valence-electron chi connectivity index (χ2n) is 14.5. The first-order valence-corrected chi connectivity index (χ1v) is 19.0.